The molecule has 0 aliphatic heterocycles. The average molecular weight is 337 g/mol. The Morgan fingerprint density at radius 2 is 2.12 bits per heavy atom. The maximum absolute atomic E-state index is 12.3. The molecule has 3 aromatic heterocycles. The van der Waals surface area contributed by atoms with Crippen LogP contribution in [0.2, 0.25) is 0 Å². The molecule has 1 amide bonds. The van der Waals surface area contributed by atoms with Crippen molar-refractivity contribution in [2.45, 2.75) is 33.5 Å². The molecule has 4 aromatic rings. The van der Waals surface area contributed by atoms with Crippen LogP contribution < -0.4 is 5.32 Å². The molecule has 3 heterocycles. The number of aromatic nitrogens is 6. The van der Waals surface area contributed by atoms with E-state index in [4.69, 9.17) is 0 Å². The molecule has 0 aliphatic rings. The molecule has 8 nitrogen and oxygen atoms in total. The summed E-state index contributed by atoms with van der Waals surface area (Å²) in [6.07, 6.45) is 1.76. The summed E-state index contributed by atoms with van der Waals surface area (Å²) in [5, 5.41) is 11.7. The largest absolute Gasteiger partial charge is 0.347 e. The van der Waals surface area contributed by atoms with Crippen molar-refractivity contribution in [1.29, 1.82) is 0 Å². The van der Waals surface area contributed by atoms with E-state index in [2.05, 4.69) is 25.5 Å². The first-order valence-electron chi connectivity index (χ1n) is 8.25. The Balaban J connectivity index is 1.46. The second-order valence-corrected chi connectivity index (χ2v) is 5.91. The molecule has 0 atom stereocenters. The average Bonchev–Trinajstić information content (AvgIpc) is 3.28. The number of rotatable bonds is 5. The Bertz CT molecular complexity index is 1020. The van der Waals surface area contributed by atoms with Crippen molar-refractivity contribution < 1.29 is 4.79 Å². The fourth-order valence-electron chi connectivity index (χ4n) is 3.04. The molecule has 0 bridgehead atoms. The fourth-order valence-corrected chi connectivity index (χ4v) is 3.04. The first-order valence-corrected chi connectivity index (χ1v) is 8.25. The molecule has 0 saturated heterocycles. The summed E-state index contributed by atoms with van der Waals surface area (Å²) in [7, 11) is 0. The van der Waals surface area contributed by atoms with Crippen LogP contribution in [0.4, 0.5) is 0 Å². The predicted molar refractivity (Wildman–Crippen MR) is 93.9 cm³/mol. The Morgan fingerprint density at radius 3 is 2.92 bits per heavy atom. The number of aromatic amines is 1. The van der Waals surface area contributed by atoms with Gasteiger partial charge in [-0.2, -0.15) is 10.2 Å². The molecule has 0 saturated carbocycles. The van der Waals surface area contributed by atoms with Gasteiger partial charge in [0.15, 0.2) is 0 Å². The molecule has 0 fully saturated rings. The van der Waals surface area contributed by atoms with Gasteiger partial charge in [0.2, 0.25) is 5.91 Å². The van der Waals surface area contributed by atoms with E-state index in [1.54, 1.807) is 10.9 Å². The summed E-state index contributed by atoms with van der Waals surface area (Å²) in [5.74, 6) is 0.615. The van der Waals surface area contributed by atoms with Crippen molar-refractivity contribution in [3.05, 3.63) is 42.0 Å². The quantitative estimate of drug-likeness (QED) is 0.580. The van der Waals surface area contributed by atoms with Crippen LogP contribution >= 0.6 is 0 Å². The van der Waals surface area contributed by atoms with Crippen molar-refractivity contribution in [2.75, 3.05) is 0 Å². The molecule has 0 aliphatic carbocycles. The van der Waals surface area contributed by atoms with Crippen LogP contribution in [0.5, 0.6) is 0 Å². The standard InChI is InChI=1S/C17H19N7O/c1-3-23-14-8-19-24(17(14)11(2)22-23)10-16(25)18-9-15-20-12-6-4-5-7-13(12)21-15/h4-8H,3,9-10H2,1-2H3,(H,18,25)(H,20,21). The topological polar surface area (TPSA) is 93.4 Å². The van der Waals surface area contributed by atoms with Crippen molar-refractivity contribution >= 4 is 28.0 Å². The molecule has 128 valence electrons. The molecule has 1 aromatic carbocycles. The summed E-state index contributed by atoms with van der Waals surface area (Å²) in [4.78, 5) is 19.9. The summed E-state index contributed by atoms with van der Waals surface area (Å²) >= 11 is 0. The first-order chi connectivity index (χ1) is 12.2. The summed E-state index contributed by atoms with van der Waals surface area (Å²) in [6.45, 7) is 5.24. The zero-order valence-electron chi connectivity index (χ0n) is 14.2. The van der Waals surface area contributed by atoms with Crippen molar-refractivity contribution in [3.63, 3.8) is 0 Å². The van der Waals surface area contributed by atoms with Gasteiger partial charge in [-0.15, -0.1) is 0 Å². The van der Waals surface area contributed by atoms with E-state index < -0.39 is 0 Å². The lowest BCUT2D eigenvalue weighted by molar-refractivity contribution is -0.122. The van der Waals surface area contributed by atoms with Crippen molar-refractivity contribution in [1.82, 2.24) is 34.8 Å². The van der Waals surface area contributed by atoms with Crippen LogP contribution in [0, 0.1) is 6.92 Å². The summed E-state index contributed by atoms with van der Waals surface area (Å²) in [5.41, 5.74) is 4.58. The Morgan fingerprint density at radius 1 is 1.28 bits per heavy atom. The zero-order chi connectivity index (χ0) is 17.4. The lowest BCUT2D eigenvalue weighted by Gasteiger charge is -2.04. The third kappa shape index (κ3) is 2.75. The summed E-state index contributed by atoms with van der Waals surface area (Å²) in [6, 6.07) is 7.78. The van der Waals surface area contributed by atoms with Gasteiger partial charge in [-0.25, -0.2) is 4.98 Å². The molecule has 4 rings (SSSR count). The number of para-hydroxylation sites is 2. The van der Waals surface area contributed by atoms with E-state index >= 15 is 0 Å². The second-order valence-electron chi connectivity index (χ2n) is 5.91. The minimum atomic E-state index is -0.117. The molecule has 0 unspecified atom stereocenters. The number of amides is 1. The van der Waals surface area contributed by atoms with Crippen molar-refractivity contribution in [3.8, 4) is 0 Å². The Kier molecular flexibility index (Phi) is 3.72. The lowest BCUT2D eigenvalue weighted by atomic mass is 10.3. The highest BCUT2D eigenvalue weighted by atomic mass is 16.2. The Hall–Kier alpha value is -3.16. The van der Waals surface area contributed by atoms with Crippen LogP contribution in [-0.2, 0) is 24.4 Å². The summed E-state index contributed by atoms with van der Waals surface area (Å²) < 4.78 is 3.58. The lowest BCUT2D eigenvalue weighted by Crippen LogP contribution is -2.28. The van der Waals surface area contributed by atoms with Gasteiger partial charge in [-0.05, 0) is 26.0 Å². The SMILES string of the molecule is CCn1nc(C)c2c1cnn2CC(=O)NCc1nc2ccccc2[nH]1. The number of fused-ring (bicyclic) bond motifs is 2. The molecular weight excluding hydrogens is 318 g/mol. The van der Waals surface area contributed by atoms with Gasteiger partial charge in [0.05, 0.1) is 29.5 Å². The highest BCUT2D eigenvalue weighted by Crippen LogP contribution is 2.17. The van der Waals surface area contributed by atoms with Crippen LogP contribution in [-0.4, -0.2) is 35.4 Å². The number of aryl methyl sites for hydroxylation is 2. The third-order valence-corrected chi connectivity index (χ3v) is 4.20. The maximum atomic E-state index is 12.3. The number of carbonyl (C=O) groups is 1. The van der Waals surface area contributed by atoms with E-state index in [1.165, 1.54) is 0 Å². The normalized spacial score (nSPS) is 11.4. The van der Waals surface area contributed by atoms with Gasteiger partial charge in [0, 0.05) is 6.54 Å². The van der Waals surface area contributed by atoms with Crippen LogP contribution in [0.15, 0.2) is 30.5 Å². The number of nitrogens with one attached hydrogen (secondary N) is 2. The van der Waals surface area contributed by atoms with Gasteiger partial charge < -0.3 is 10.3 Å². The molecule has 2 N–H and O–H groups in total. The smallest absolute Gasteiger partial charge is 0.242 e. The van der Waals surface area contributed by atoms with E-state index in [-0.39, 0.29) is 12.5 Å². The van der Waals surface area contributed by atoms with Gasteiger partial charge in [0.25, 0.3) is 0 Å². The monoisotopic (exact) mass is 337 g/mol. The number of hydrogen-bond acceptors (Lipinski definition) is 4. The van der Waals surface area contributed by atoms with Crippen LogP contribution in [0.1, 0.15) is 18.4 Å². The number of nitrogens with zero attached hydrogens (tertiary/aromatic N) is 5. The van der Waals surface area contributed by atoms with E-state index in [0.29, 0.717) is 6.54 Å². The van der Waals surface area contributed by atoms with Gasteiger partial charge >= 0.3 is 0 Å². The molecule has 0 spiro atoms. The Labute approximate surface area is 143 Å². The van der Waals surface area contributed by atoms with Crippen LogP contribution in [0.25, 0.3) is 22.1 Å². The van der Waals surface area contributed by atoms with Crippen LogP contribution in [0.3, 0.4) is 0 Å². The molecular formula is C17H19N7O. The third-order valence-electron chi connectivity index (χ3n) is 4.20. The van der Waals surface area contributed by atoms with Gasteiger partial charge in [-0.3, -0.25) is 14.2 Å². The predicted octanol–water partition coefficient (Wildman–Crippen LogP) is 1.75. The highest BCUT2D eigenvalue weighted by molar-refractivity contribution is 5.81. The fraction of sp³-hybridized carbons (Fsp3) is 0.294. The van der Waals surface area contributed by atoms with Crippen molar-refractivity contribution in [2.24, 2.45) is 0 Å². The van der Waals surface area contributed by atoms with Gasteiger partial charge in [-0.1, -0.05) is 12.1 Å². The second kappa shape index (κ2) is 6.04. The molecule has 25 heavy (non-hydrogen) atoms. The number of imidazole rings is 1. The maximum Gasteiger partial charge on any atom is 0.242 e. The highest BCUT2D eigenvalue weighted by Gasteiger charge is 2.15. The van der Waals surface area contributed by atoms with E-state index in [9.17, 15) is 4.79 Å². The van der Waals surface area contributed by atoms with E-state index in [0.717, 1.165) is 40.1 Å². The minimum Gasteiger partial charge on any atom is -0.347 e. The minimum absolute atomic E-state index is 0.117. The molecule has 8 heteroatoms. The molecule has 0 radical (unpaired) electrons. The zero-order valence-corrected chi connectivity index (χ0v) is 14.2. The van der Waals surface area contributed by atoms with E-state index in [1.807, 2.05) is 42.8 Å². The number of hydrogen-bond donors (Lipinski definition) is 2. The van der Waals surface area contributed by atoms with Gasteiger partial charge in [0.1, 0.15) is 23.4 Å². The first kappa shape index (κ1) is 15.4. The number of H-pyrrole nitrogens is 1. The number of carbonyl (C=O) groups excluding carboxylic acids is 1. The number of benzene rings is 1.